The molecule has 154 valence electrons. The lowest BCUT2D eigenvalue weighted by Gasteiger charge is -2.45. The number of nitrogens with one attached hydrogen (secondary N) is 1. The summed E-state index contributed by atoms with van der Waals surface area (Å²) in [5.41, 5.74) is -3.78. The quantitative estimate of drug-likeness (QED) is 0.738. The van der Waals surface area contributed by atoms with E-state index in [1.54, 1.807) is 25.1 Å². The van der Waals surface area contributed by atoms with Crippen LogP contribution in [-0.4, -0.2) is 42.2 Å². The summed E-state index contributed by atoms with van der Waals surface area (Å²) in [5, 5.41) is 12.5. The summed E-state index contributed by atoms with van der Waals surface area (Å²) in [6.45, 7) is 4.01. The second-order valence-electron chi connectivity index (χ2n) is 6.27. The molecule has 28 heavy (non-hydrogen) atoms. The van der Waals surface area contributed by atoms with Crippen molar-refractivity contribution in [1.29, 1.82) is 0 Å². The number of allylic oxidation sites excluding steroid dienone is 1. The second kappa shape index (κ2) is 8.22. The van der Waals surface area contributed by atoms with Crippen LogP contribution in [0.4, 0.5) is 13.2 Å². The molecule has 0 aromatic heterocycles. The molecule has 1 aromatic rings. The fraction of sp³-hybridized carbons (Fsp3) is 0.474. The highest BCUT2D eigenvalue weighted by atomic mass is 19.4. The highest BCUT2D eigenvalue weighted by molar-refractivity contribution is 5.93. The van der Waals surface area contributed by atoms with Gasteiger partial charge in [0.1, 0.15) is 5.92 Å². The highest BCUT2D eigenvalue weighted by Gasteiger charge is 2.67. The number of rotatable bonds is 5. The van der Waals surface area contributed by atoms with Crippen LogP contribution >= 0.6 is 0 Å². The summed E-state index contributed by atoms with van der Waals surface area (Å²) in [5.74, 6) is -5.73. The van der Waals surface area contributed by atoms with Gasteiger partial charge in [0, 0.05) is 11.6 Å². The smallest absolute Gasteiger partial charge is 0.437 e. The van der Waals surface area contributed by atoms with E-state index >= 15 is 0 Å². The predicted octanol–water partition coefficient (Wildman–Crippen LogP) is 2.64. The van der Waals surface area contributed by atoms with Crippen LogP contribution in [0.15, 0.2) is 41.6 Å². The van der Waals surface area contributed by atoms with Crippen LogP contribution in [-0.2, 0) is 19.1 Å². The van der Waals surface area contributed by atoms with Crippen LogP contribution in [0.2, 0.25) is 0 Å². The van der Waals surface area contributed by atoms with Crippen molar-refractivity contribution in [3.8, 4) is 0 Å². The minimum atomic E-state index is -5.22. The van der Waals surface area contributed by atoms with Gasteiger partial charge in [-0.3, -0.25) is 4.79 Å². The van der Waals surface area contributed by atoms with Gasteiger partial charge in [0.2, 0.25) is 5.72 Å². The van der Waals surface area contributed by atoms with Crippen molar-refractivity contribution in [3.63, 3.8) is 0 Å². The fourth-order valence-electron chi connectivity index (χ4n) is 3.37. The highest BCUT2D eigenvalue weighted by Crippen LogP contribution is 2.49. The average molecular weight is 401 g/mol. The molecule has 2 N–H and O–H groups in total. The van der Waals surface area contributed by atoms with Crippen LogP contribution in [0.1, 0.15) is 32.3 Å². The zero-order chi connectivity index (χ0) is 21.1. The largest absolute Gasteiger partial charge is 0.466 e. The number of hydrogen-bond acceptors (Lipinski definition) is 6. The zero-order valence-electron chi connectivity index (χ0n) is 15.7. The van der Waals surface area contributed by atoms with Crippen LogP contribution in [0.3, 0.4) is 0 Å². The molecule has 2 rings (SSSR count). The molecular weight excluding hydrogens is 379 g/mol. The standard InChI is InChI=1S/C19H22F3NO5/c1-4-27-16(24)13-11(3)23-18(26,19(20,21)22)15(17(25)28-5-2)14(13)12-9-7-6-8-10-12/h6-10,14-15,23,26H,4-5H2,1-3H3. The summed E-state index contributed by atoms with van der Waals surface area (Å²) in [6.07, 6.45) is -5.22. The first-order valence-electron chi connectivity index (χ1n) is 8.75. The fourth-order valence-corrected chi connectivity index (χ4v) is 3.37. The number of hydrogen-bond donors (Lipinski definition) is 2. The molecule has 9 heteroatoms. The molecule has 0 saturated carbocycles. The minimum Gasteiger partial charge on any atom is -0.466 e. The molecule has 3 unspecified atom stereocenters. The van der Waals surface area contributed by atoms with Crippen LogP contribution in [0.25, 0.3) is 0 Å². The minimum absolute atomic E-state index is 0.00919. The van der Waals surface area contributed by atoms with Gasteiger partial charge < -0.3 is 19.9 Å². The molecule has 1 aliphatic rings. The monoisotopic (exact) mass is 401 g/mol. The normalized spacial score (nSPS) is 25.1. The van der Waals surface area contributed by atoms with Gasteiger partial charge in [0.15, 0.2) is 0 Å². The van der Waals surface area contributed by atoms with Gasteiger partial charge in [0.25, 0.3) is 0 Å². The lowest BCUT2D eigenvalue weighted by molar-refractivity contribution is -0.293. The van der Waals surface area contributed by atoms with Gasteiger partial charge in [-0.15, -0.1) is 0 Å². The van der Waals surface area contributed by atoms with E-state index in [-0.39, 0.29) is 30.0 Å². The molecule has 3 atom stereocenters. The third-order valence-electron chi connectivity index (χ3n) is 4.50. The van der Waals surface area contributed by atoms with E-state index in [1.807, 2.05) is 5.32 Å². The van der Waals surface area contributed by atoms with Crippen molar-refractivity contribution < 1.29 is 37.3 Å². The van der Waals surface area contributed by atoms with Crippen molar-refractivity contribution in [3.05, 3.63) is 47.2 Å². The maximum atomic E-state index is 13.9. The Labute approximate surface area is 160 Å². The van der Waals surface area contributed by atoms with Gasteiger partial charge in [-0.2, -0.15) is 13.2 Å². The Kier molecular flexibility index (Phi) is 6.38. The summed E-state index contributed by atoms with van der Waals surface area (Å²) in [6, 6.07) is 7.71. The Balaban J connectivity index is 2.78. The summed E-state index contributed by atoms with van der Waals surface area (Å²) in [7, 11) is 0. The molecule has 1 aliphatic heterocycles. The zero-order valence-corrected chi connectivity index (χ0v) is 15.7. The van der Waals surface area contributed by atoms with Crippen molar-refractivity contribution in [1.82, 2.24) is 5.32 Å². The molecule has 6 nitrogen and oxygen atoms in total. The van der Waals surface area contributed by atoms with Crippen molar-refractivity contribution in [2.45, 2.75) is 38.6 Å². The number of esters is 2. The lowest BCUT2D eigenvalue weighted by atomic mass is 9.71. The van der Waals surface area contributed by atoms with Crippen molar-refractivity contribution >= 4 is 11.9 Å². The number of benzene rings is 1. The molecule has 0 saturated heterocycles. The second-order valence-corrected chi connectivity index (χ2v) is 6.27. The van der Waals surface area contributed by atoms with Gasteiger partial charge in [0.05, 0.1) is 18.8 Å². The Bertz CT molecular complexity index is 763. The van der Waals surface area contributed by atoms with E-state index in [1.165, 1.54) is 26.0 Å². The maximum absolute atomic E-state index is 13.9. The summed E-state index contributed by atoms with van der Waals surface area (Å²) >= 11 is 0. The topological polar surface area (TPSA) is 84.9 Å². The lowest BCUT2D eigenvalue weighted by Crippen LogP contribution is -2.67. The van der Waals surface area contributed by atoms with E-state index in [2.05, 4.69) is 0 Å². The number of halogens is 3. The molecule has 1 heterocycles. The molecule has 0 spiro atoms. The Hall–Kier alpha value is -2.55. The number of alkyl halides is 3. The van der Waals surface area contributed by atoms with Crippen LogP contribution < -0.4 is 5.32 Å². The molecule has 0 fully saturated rings. The van der Waals surface area contributed by atoms with Gasteiger partial charge in [-0.05, 0) is 26.3 Å². The summed E-state index contributed by atoms with van der Waals surface area (Å²) in [4.78, 5) is 25.1. The van der Waals surface area contributed by atoms with Crippen LogP contribution in [0, 0.1) is 5.92 Å². The number of aliphatic hydroxyl groups is 1. The first-order chi connectivity index (χ1) is 13.1. The molecule has 0 amide bonds. The molecule has 0 bridgehead atoms. The molecule has 1 aromatic carbocycles. The maximum Gasteiger partial charge on any atom is 0.437 e. The molecular formula is C19H22F3NO5. The Morgan fingerprint density at radius 1 is 1.14 bits per heavy atom. The first-order valence-corrected chi connectivity index (χ1v) is 8.75. The van der Waals surface area contributed by atoms with Crippen LogP contribution in [0.5, 0.6) is 0 Å². The number of ether oxygens (including phenoxy) is 2. The molecule has 0 aliphatic carbocycles. The van der Waals surface area contributed by atoms with E-state index in [0.29, 0.717) is 0 Å². The number of carbonyl (C=O) groups is 2. The third kappa shape index (κ3) is 3.84. The van der Waals surface area contributed by atoms with Gasteiger partial charge in [-0.1, -0.05) is 30.3 Å². The van der Waals surface area contributed by atoms with E-state index in [4.69, 9.17) is 9.47 Å². The van der Waals surface area contributed by atoms with E-state index in [9.17, 15) is 27.9 Å². The van der Waals surface area contributed by atoms with Crippen molar-refractivity contribution in [2.75, 3.05) is 13.2 Å². The van der Waals surface area contributed by atoms with E-state index < -0.39 is 35.7 Å². The Morgan fingerprint density at radius 2 is 1.71 bits per heavy atom. The third-order valence-corrected chi connectivity index (χ3v) is 4.50. The average Bonchev–Trinajstić information content (AvgIpc) is 2.61. The van der Waals surface area contributed by atoms with E-state index in [0.717, 1.165) is 0 Å². The number of carbonyl (C=O) groups excluding carboxylic acids is 2. The summed E-state index contributed by atoms with van der Waals surface area (Å²) < 4.78 is 51.4. The predicted molar refractivity (Wildman–Crippen MR) is 92.8 cm³/mol. The Morgan fingerprint density at radius 3 is 2.21 bits per heavy atom. The van der Waals surface area contributed by atoms with Gasteiger partial charge in [-0.25, -0.2) is 4.79 Å². The SMILES string of the molecule is CCOC(=O)C1=C(C)NC(O)(C(F)(F)F)C(C(=O)OCC)C1c1ccccc1. The van der Waals surface area contributed by atoms with Gasteiger partial charge >= 0.3 is 18.1 Å². The van der Waals surface area contributed by atoms with Crippen molar-refractivity contribution in [2.24, 2.45) is 5.92 Å². The molecule has 0 radical (unpaired) electrons. The first kappa shape index (κ1) is 21.7.